The number of nitrogens with zero attached hydrogens (tertiary/aromatic N) is 4. The summed E-state index contributed by atoms with van der Waals surface area (Å²) in [6.45, 7) is -0.643. The van der Waals surface area contributed by atoms with Gasteiger partial charge in [-0.1, -0.05) is 0 Å². The molecule has 13 heteroatoms. The average molecular weight is 475 g/mol. The molecular weight excluding hydrogens is 459 g/mol. The van der Waals surface area contributed by atoms with E-state index in [0.717, 1.165) is 23.6 Å². The maximum Gasteiger partial charge on any atom is 0.435 e. The maximum absolute atomic E-state index is 13.8. The number of anilines is 1. The summed E-state index contributed by atoms with van der Waals surface area (Å²) in [6, 6.07) is 1.21. The Morgan fingerprint density at radius 3 is 2.48 bits per heavy atom. The number of nitrogens with one attached hydrogen (secondary N) is 1. The number of rotatable bonds is 7. The minimum Gasteiger partial charge on any atom is -0.323 e. The van der Waals surface area contributed by atoms with Crippen molar-refractivity contribution >= 4 is 11.6 Å². The molecule has 0 spiro atoms. The molecule has 176 valence electrons. The van der Waals surface area contributed by atoms with Gasteiger partial charge in [-0.2, -0.15) is 23.4 Å². The van der Waals surface area contributed by atoms with E-state index < -0.39 is 53.2 Å². The second kappa shape index (κ2) is 8.52. The number of carbonyl (C=O) groups is 1. The maximum atomic E-state index is 13.8. The van der Waals surface area contributed by atoms with Crippen molar-refractivity contribution in [1.82, 2.24) is 19.6 Å². The van der Waals surface area contributed by atoms with E-state index in [2.05, 4.69) is 15.5 Å². The molecule has 1 amide bonds. The molecule has 0 atom stereocenters. The molecule has 0 radical (unpaired) electrons. The number of carbonyl (C=O) groups excluding carboxylic acids is 1. The van der Waals surface area contributed by atoms with Gasteiger partial charge in [0, 0.05) is 42.4 Å². The van der Waals surface area contributed by atoms with E-state index in [4.69, 9.17) is 0 Å². The molecule has 1 aromatic carbocycles. The zero-order valence-corrected chi connectivity index (χ0v) is 16.8. The van der Waals surface area contributed by atoms with Crippen LogP contribution in [-0.2, 0) is 24.1 Å². The molecule has 1 N–H and O–H groups in total. The minimum absolute atomic E-state index is 0.00742. The number of halogens is 7. The second-order valence-electron chi connectivity index (χ2n) is 7.62. The first-order valence-corrected chi connectivity index (χ1v) is 9.82. The number of hydrogen-bond acceptors (Lipinski definition) is 3. The topological polar surface area (TPSA) is 64.7 Å². The predicted octanol–water partition coefficient (Wildman–Crippen LogP) is 4.61. The summed E-state index contributed by atoms with van der Waals surface area (Å²) >= 11 is 0. The van der Waals surface area contributed by atoms with Crippen LogP contribution in [0, 0.1) is 23.3 Å². The second-order valence-corrected chi connectivity index (χ2v) is 7.62. The summed E-state index contributed by atoms with van der Waals surface area (Å²) in [5.74, 6) is -7.01. The number of hydrogen-bond donors (Lipinski definition) is 1. The lowest BCUT2D eigenvalue weighted by molar-refractivity contribution is -0.141. The molecule has 0 aliphatic heterocycles. The van der Waals surface area contributed by atoms with E-state index in [1.165, 1.54) is 17.1 Å². The van der Waals surface area contributed by atoms with E-state index in [1.54, 1.807) is 0 Å². The normalized spacial score (nSPS) is 14.0. The molecule has 2 heterocycles. The van der Waals surface area contributed by atoms with Gasteiger partial charge in [-0.25, -0.2) is 17.6 Å². The summed E-state index contributed by atoms with van der Waals surface area (Å²) in [5, 5.41) is 9.83. The van der Waals surface area contributed by atoms with E-state index >= 15 is 0 Å². The molecule has 1 fully saturated rings. The number of benzene rings is 1. The van der Waals surface area contributed by atoms with Gasteiger partial charge in [0.05, 0.1) is 18.4 Å². The molecule has 2 aromatic heterocycles. The van der Waals surface area contributed by atoms with Crippen molar-refractivity contribution in [2.45, 2.75) is 44.4 Å². The molecular formula is C20H16F7N5O. The van der Waals surface area contributed by atoms with Gasteiger partial charge in [-0.05, 0) is 18.9 Å². The van der Waals surface area contributed by atoms with Crippen LogP contribution in [0.5, 0.6) is 0 Å². The molecule has 1 aliphatic rings. The van der Waals surface area contributed by atoms with Gasteiger partial charge in [0.25, 0.3) is 0 Å². The Morgan fingerprint density at radius 1 is 1.09 bits per heavy atom. The quantitative estimate of drug-likeness (QED) is 0.309. The van der Waals surface area contributed by atoms with E-state index in [0.29, 0.717) is 5.69 Å². The zero-order valence-electron chi connectivity index (χ0n) is 16.8. The number of aryl methyl sites for hydroxylation is 1. The molecule has 0 bridgehead atoms. The van der Waals surface area contributed by atoms with Crippen molar-refractivity contribution in [1.29, 1.82) is 0 Å². The highest BCUT2D eigenvalue weighted by Crippen LogP contribution is 2.42. The number of aromatic nitrogens is 4. The molecule has 0 unspecified atom stereocenters. The van der Waals surface area contributed by atoms with Crippen LogP contribution in [0.25, 0.3) is 0 Å². The summed E-state index contributed by atoms with van der Waals surface area (Å²) in [4.78, 5) is 12.2. The van der Waals surface area contributed by atoms with Crippen molar-refractivity contribution in [3.63, 3.8) is 0 Å². The first kappa shape index (κ1) is 22.8. The lowest BCUT2D eigenvalue weighted by Gasteiger charge is -2.07. The van der Waals surface area contributed by atoms with E-state index in [-0.39, 0.29) is 30.6 Å². The fourth-order valence-electron chi connectivity index (χ4n) is 3.31. The van der Waals surface area contributed by atoms with E-state index in [1.807, 2.05) is 0 Å². The third kappa shape index (κ3) is 5.01. The van der Waals surface area contributed by atoms with Gasteiger partial charge in [0.1, 0.15) is 5.82 Å². The SMILES string of the molecule is O=C(CCn1nc(C(F)(F)F)cc1C1CC1)Nc1cnn(Cc2c(F)cc(F)c(F)c2F)c1. The molecule has 33 heavy (non-hydrogen) atoms. The van der Waals surface area contributed by atoms with Crippen LogP contribution in [0.1, 0.15) is 42.1 Å². The minimum atomic E-state index is -4.59. The standard InChI is InChI=1S/C20H16F7N5O/c21-13-5-14(22)19(24)18(23)12(13)9-31-8-11(7-28-31)29-17(33)3-4-32-15(10-1-2-10)6-16(30-32)20(25,26)27/h5-8,10H,1-4,9H2,(H,29,33). The molecule has 0 saturated heterocycles. The largest absolute Gasteiger partial charge is 0.435 e. The summed E-state index contributed by atoms with van der Waals surface area (Å²) in [7, 11) is 0. The third-order valence-corrected chi connectivity index (χ3v) is 5.09. The molecule has 3 aromatic rings. The van der Waals surface area contributed by atoms with E-state index in [9.17, 15) is 35.5 Å². The van der Waals surface area contributed by atoms with Crippen LogP contribution in [0.3, 0.4) is 0 Å². The van der Waals surface area contributed by atoms with Gasteiger partial charge in [0.15, 0.2) is 23.1 Å². The van der Waals surface area contributed by atoms with Crippen LogP contribution >= 0.6 is 0 Å². The highest BCUT2D eigenvalue weighted by Gasteiger charge is 2.37. The highest BCUT2D eigenvalue weighted by molar-refractivity contribution is 5.90. The number of alkyl halides is 3. The van der Waals surface area contributed by atoms with Gasteiger partial charge in [-0.3, -0.25) is 14.2 Å². The molecule has 4 rings (SSSR count). The van der Waals surface area contributed by atoms with Crippen LogP contribution in [-0.4, -0.2) is 25.5 Å². The van der Waals surface area contributed by atoms with Crippen LogP contribution in [0.2, 0.25) is 0 Å². The van der Waals surface area contributed by atoms with Crippen LogP contribution in [0.15, 0.2) is 24.5 Å². The lowest BCUT2D eigenvalue weighted by atomic mass is 10.2. The Balaban J connectivity index is 1.38. The van der Waals surface area contributed by atoms with Crippen molar-refractivity contribution in [2.24, 2.45) is 0 Å². The predicted molar refractivity (Wildman–Crippen MR) is 100 cm³/mol. The Labute approximate surface area is 182 Å². The van der Waals surface area contributed by atoms with Crippen molar-refractivity contribution in [2.75, 3.05) is 5.32 Å². The first-order chi connectivity index (χ1) is 15.5. The Kier molecular flexibility index (Phi) is 5.89. The summed E-state index contributed by atoms with van der Waals surface area (Å²) < 4.78 is 95.0. The van der Waals surface area contributed by atoms with Crippen molar-refractivity contribution in [3.8, 4) is 0 Å². The monoisotopic (exact) mass is 475 g/mol. The Morgan fingerprint density at radius 2 is 1.82 bits per heavy atom. The molecule has 1 saturated carbocycles. The van der Waals surface area contributed by atoms with Crippen LogP contribution in [0.4, 0.5) is 36.4 Å². The van der Waals surface area contributed by atoms with Gasteiger partial charge < -0.3 is 5.32 Å². The fourth-order valence-corrected chi connectivity index (χ4v) is 3.31. The third-order valence-electron chi connectivity index (χ3n) is 5.09. The van der Waals surface area contributed by atoms with Crippen LogP contribution < -0.4 is 5.32 Å². The van der Waals surface area contributed by atoms with Crippen molar-refractivity contribution < 1.29 is 35.5 Å². The smallest absolute Gasteiger partial charge is 0.323 e. The molecule has 6 nitrogen and oxygen atoms in total. The highest BCUT2D eigenvalue weighted by atomic mass is 19.4. The Hall–Kier alpha value is -3.38. The fraction of sp³-hybridized carbons (Fsp3) is 0.350. The number of amides is 1. The Bertz CT molecular complexity index is 1200. The summed E-state index contributed by atoms with van der Waals surface area (Å²) in [5.41, 5.74) is -1.19. The van der Waals surface area contributed by atoms with Gasteiger partial charge >= 0.3 is 6.18 Å². The van der Waals surface area contributed by atoms with Crippen molar-refractivity contribution in [3.05, 3.63) is 64.7 Å². The van der Waals surface area contributed by atoms with Gasteiger partial charge in [0.2, 0.25) is 5.91 Å². The molecule has 1 aliphatic carbocycles. The zero-order chi connectivity index (χ0) is 23.9. The average Bonchev–Trinajstić information content (AvgIpc) is 3.33. The van der Waals surface area contributed by atoms with Gasteiger partial charge in [-0.15, -0.1) is 0 Å². The summed E-state index contributed by atoms with van der Waals surface area (Å²) in [6.07, 6.45) is -0.877. The first-order valence-electron chi connectivity index (χ1n) is 9.82. The lowest BCUT2D eigenvalue weighted by Crippen LogP contribution is -2.16.